The maximum atomic E-state index is 6.38. The van der Waals surface area contributed by atoms with Crippen molar-refractivity contribution in [2.45, 2.75) is 0 Å². The van der Waals surface area contributed by atoms with Crippen molar-refractivity contribution < 1.29 is 4.42 Å². The molecule has 0 aliphatic heterocycles. The maximum Gasteiger partial charge on any atom is 0.240 e. The molecule has 0 saturated heterocycles. The lowest BCUT2D eigenvalue weighted by molar-refractivity contribution is 0.669. The van der Waals surface area contributed by atoms with Crippen LogP contribution in [-0.4, -0.2) is 24.1 Å². The molecule has 0 radical (unpaired) electrons. The summed E-state index contributed by atoms with van der Waals surface area (Å²) < 4.78 is 10.8. The van der Waals surface area contributed by atoms with E-state index in [9.17, 15) is 0 Å². The van der Waals surface area contributed by atoms with Crippen LogP contribution in [0, 0.1) is 0 Å². The first-order valence-corrected chi connectivity index (χ1v) is 17.1. The number of aromatic nitrogens is 5. The van der Waals surface area contributed by atoms with E-state index in [0.717, 1.165) is 60.3 Å². The molecule has 0 aliphatic rings. The maximum absolute atomic E-state index is 6.38. The highest BCUT2D eigenvalue weighted by atomic mass is 16.3. The van der Waals surface area contributed by atoms with Crippen molar-refractivity contribution >= 4 is 87.1 Å². The van der Waals surface area contributed by atoms with Gasteiger partial charge in [-0.25, -0.2) is 0 Å². The molecule has 0 amide bonds. The van der Waals surface area contributed by atoms with E-state index in [4.69, 9.17) is 19.4 Å². The van der Waals surface area contributed by atoms with Crippen LogP contribution >= 0.6 is 0 Å². The van der Waals surface area contributed by atoms with Gasteiger partial charge in [0.1, 0.15) is 11.2 Å². The van der Waals surface area contributed by atoms with E-state index in [1.54, 1.807) is 0 Å². The molecule has 12 rings (SSSR count). The number of rotatable bonds is 3. The van der Waals surface area contributed by atoms with Crippen LogP contribution in [0.1, 0.15) is 0 Å². The summed E-state index contributed by atoms with van der Waals surface area (Å²) in [5.74, 6) is 1.76. The van der Waals surface area contributed by atoms with Crippen molar-refractivity contribution in [3.8, 4) is 23.3 Å². The molecule has 0 fully saturated rings. The van der Waals surface area contributed by atoms with Gasteiger partial charge in [-0.05, 0) is 58.6 Å². The second kappa shape index (κ2) is 9.77. The Morgan fingerprint density at radius 2 is 0.863 bits per heavy atom. The predicted octanol–water partition coefficient (Wildman–Crippen LogP) is 11.4. The molecule has 12 aromatic rings. The zero-order chi connectivity index (χ0) is 33.2. The minimum Gasteiger partial charge on any atom is -0.456 e. The van der Waals surface area contributed by atoms with E-state index in [1.807, 2.05) is 30.3 Å². The second-order valence-corrected chi connectivity index (χ2v) is 13.2. The van der Waals surface area contributed by atoms with Gasteiger partial charge in [-0.2, -0.15) is 15.0 Å². The number of fused-ring (bicyclic) bond motifs is 10. The average Bonchev–Trinajstić information content (AvgIpc) is 3.86. The molecular weight excluding hydrogens is 627 g/mol. The standard InChI is InChI=1S/C45H25N5O/c1-2-12-26(13-3-1)43-46-44(49-33-19-7-4-14-27(33)28-15-5-8-20-34(28)49)48-45(47-43)50-35-21-10-17-29-30-24-25-38-42(31-16-6-9-23-37(31)51-38)39(30)32-18-11-22-36(50)41(32)40(29)35/h1-25H. The van der Waals surface area contributed by atoms with E-state index in [-0.39, 0.29) is 0 Å². The van der Waals surface area contributed by atoms with Crippen LogP contribution in [0.5, 0.6) is 0 Å². The van der Waals surface area contributed by atoms with Gasteiger partial charge in [-0.3, -0.25) is 9.13 Å². The lowest BCUT2D eigenvalue weighted by Crippen LogP contribution is -2.10. The monoisotopic (exact) mass is 651 g/mol. The number of benzene rings is 8. The highest BCUT2D eigenvalue weighted by Gasteiger charge is 2.24. The van der Waals surface area contributed by atoms with Crippen LogP contribution in [0.2, 0.25) is 0 Å². The Labute approximate surface area is 289 Å². The minimum absolute atomic E-state index is 0.569. The summed E-state index contributed by atoms with van der Waals surface area (Å²) in [5.41, 5.74) is 6.91. The highest BCUT2D eigenvalue weighted by Crippen LogP contribution is 2.47. The summed E-state index contributed by atoms with van der Waals surface area (Å²) in [7, 11) is 0. The van der Waals surface area contributed by atoms with Gasteiger partial charge in [-0.15, -0.1) is 0 Å². The van der Waals surface area contributed by atoms with Crippen molar-refractivity contribution in [1.29, 1.82) is 0 Å². The summed E-state index contributed by atoms with van der Waals surface area (Å²) in [6.07, 6.45) is 0. The Morgan fingerprint density at radius 1 is 0.333 bits per heavy atom. The molecule has 0 atom stereocenters. The largest absolute Gasteiger partial charge is 0.456 e. The Kier molecular flexibility index (Phi) is 5.14. The van der Waals surface area contributed by atoms with Crippen LogP contribution in [0.3, 0.4) is 0 Å². The van der Waals surface area contributed by atoms with E-state index >= 15 is 0 Å². The minimum atomic E-state index is 0.569. The Morgan fingerprint density at radius 3 is 1.59 bits per heavy atom. The molecule has 51 heavy (non-hydrogen) atoms. The summed E-state index contributed by atoms with van der Waals surface area (Å²) in [5, 5.41) is 11.7. The molecule has 0 bridgehead atoms. The van der Waals surface area contributed by atoms with Crippen LogP contribution < -0.4 is 0 Å². The summed E-state index contributed by atoms with van der Waals surface area (Å²) in [4.78, 5) is 15.8. The van der Waals surface area contributed by atoms with Gasteiger partial charge in [0.2, 0.25) is 11.9 Å². The third kappa shape index (κ3) is 3.52. The molecule has 0 aliphatic carbocycles. The first-order chi connectivity index (χ1) is 25.3. The summed E-state index contributed by atoms with van der Waals surface area (Å²) in [6.45, 7) is 0. The molecule has 6 heteroatoms. The molecule has 236 valence electrons. The van der Waals surface area contributed by atoms with Crippen molar-refractivity contribution in [2.24, 2.45) is 0 Å². The fourth-order valence-electron chi connectivity index (χ4n) is 8.49. The third-order valence-corrected chi connectivity index (χ3v) is 10.5. The van der Waals surface area contributed by atoms with Gasteiger partial charge < -0.3 is 4.42 Å². The van der Waals surface area contributed by atoms with Crippen molar-refractivity contribution in [2.75, 3.05) is 0 Å². The van der Waals surface area contributed by atoms with Gasteiger partial charge in [0, 0.05) is 43.3 Å². The molecule has 6 nitrogen and oxygen atoms in total. The van der Waals surface area contributed by atoms with Crippen molar-refractivity contribution in [3.05, 3.63) is 152 Å². The first kappa shape index (κ1) is 26.9. The van der Waals surface area contributed by atoms with Crippen LogP contribution in [0.15, 0.2) is 156 Å². The van der Waals surface area contributed by atoms with Crippen molar-refractivity contribution in [1.82, 2.24) is 24.1 Å². The molecular formula is C45H25N5O. The molecule has 4 heterocycles. The van der Waals surface area contributed by atoms with Crippen LogP contribution in [0.25, 0.3) is 110 Å². The number of nitrogens with zero attached hydrogens (tertiary/aromatic N) is 5. The smallest absolute Gasteiger partial charge is 0.240 e. The van der Waals surface area contributed by atoms with Gasteiger partial charge in [-0.1, -0.05) is 109 Å². The Hall–Kier alpha value is -7.05. The fraction of sp³-hybridized carbons (Fsp3) is 0. The van der Waals surface area contributed by atoms with Gasteiger partial charge >= 0.3 is 0 Å². The Bertz CT molecular complexity index is 3320. The number of hydrogen-bond donors (Lipinski definition) is 0. The van der Waals surface area contributed by atoms with E-state index < -0.39 is 0 Å². The Balaban J connectivity index is 1.24. The van der Waals surface area contributed by atoms with Gasteiger partial charge in [0.15, 0.2) is 5.82 Å². The van der Waals surface area contributed by atoms with E-state index in [1.165, 1.54) is 32.3 Å². The zero-order valence-corrected chi connectivity index (χ0v) is 27.1. The van der Waals surface area contributed by atoms with Crippen molar-refractivity contribution in [3.63, 3.8) is 0 Å². The normalized spacial score (nSPS) is 12.3. The lowest BCUT2D eigenvalue weighted by atomic mass is 9.92. The van der Waals surface area contributed by atoms with Gasteiger partial charge in [0.05, 0.1) is 22.1 Å². The average molecular weight is 652 g/mol. The van der Waals surface area contributed by atoms with E-state index in [0.29, 0.717) is 17.7 Å². The number of para-hydroxylation sites is 3. The lowest BCUT2D eigenvalue weighted by Gasteiger charge is -2.12. The SMILES string of the molecule is c1ccc(-c2nc(-n3c4ccccc4c4ccccc43)nc(-n3c4cccc5c6ccc7oc8ccccc8c7c6c6cccc3c6c54)n2)cc1. The second-order valence-electron chi connectivity index (χ2n) is 13.2. The molecule has 8 aromatic carbocycles. The zero-order valence-electron chi connectivity index (χ0n) is 27.1. The van der Waals surface area contributed by atoms with Gasteiger partial charge in [0.25, 0.3) is 0 Å². The first-order valence-electron chi connectivity index (χ1n) is 17.1. The summed E-state index contributed by atoms with van der Waals surface area (Å²) >= 11 is 0. The topological polar surface area (TPSA) is 61.7 Å². The summed E-state index contributed by atoms with van der Waals surface area (Å²) in [6, 6.07) is 52.9. The highest BCUT2D eigenvalue weighted by molar-refractivity contribution is 6.39. The fourth-order valence-corrected chi connectivity index (χ4v) is 8.49. The molecule has 0 saturated carbocycles. The third-order valence-electron chi connectivity index (χ3n) is 10.5. The van der Waals surface area contributed by atoms with E-state index in [2.05, 4.69) is 130 Å². The molecule has 0 spiro atoms. The van der Waals surface area contributed by atoms with Crippen LogP contribution in [0.4, 0.5) is 0 Å². The predicted molar refractivity (Wildman–Crippen MR) is 207 cm³/mol. The quantitative estimate of drug-likeness (QED) is 0.178. The molecule has 0 N–H and O–H groups in total. The number of hydrogen-bond acceptors (Lipinski definition) is 4. The number of furan rings is 1. The molecule has 0 unspecified atom stereocenters. The molecule has 4 aromatic heterocycles. The van der Waals surface area contributed by atoms with Crippen LogP contribution in [-0.2, 0) is 0 Å².